The normalized spacial score (nSPS) is 19.5. The van der Waals surface area contributed by atoms with Crippen LogP contribution in [-0.4, -0.2) is 11.9 Å². The minimum Gasteiger partial charge on any atom is -0.393 e. The van der Waals surface area contributed by atoms with E-state index in [4.69, 9.17) is 4.74 Å². The van der Waals surface area contributed by atoms with Crippen LogP contribution >= 0.6 is 0 Å². The van der Waals surface area contributed by atoms with Crippen LogP contribution in [0, 0.1) is 11.8 Å². The van der Waals surface area contributed by atoms with Crippen molar-refractivity contribution in [1.29, 1.82) is 0 Å². The summed E-state index contributed by atoms with van der Waals surface area (Å²) >= 11 is 0. The third-order valence-corrected chi connectivity index (χ3v) is 4.81. The third kappa shape index (κ3) is 7.42. The molecule has 0 radical (unpaired) electrons. The van der Waals surface area contributed by atoms with Crippen molar-refractivity contribution in [2.24, 2.45) is 11.8 Å². The van der Waals surface area contributed by atoms with Crippen LogP contribution in [0.4, 0.5) is 0 Å². The highest BCUT2D eigenvalue weighted by atomic mass is 16.6. The van der Waals surface area contributed by atoms with E-state index < -0.39 is 0 Å². The summed E-state index contributed by atoms with van der Waals surface area (Å²) in [5.74, 6) is -0.433. The van der Waals surface area contributed by atoms with E-state index in [0.717, 1.165) is 19.3 Å². The monoisotopic (exact) mass is 310 g/mol. The van der Waals surface area contributed by atoms with Gasteiger partial charge in [0.1, 0.15) is 0 Å². The summed E-state index contributed by atoms with van der Waals surface area (Å²) in [6.45, 7) is 4.39. The maximum Gasteiger partial charge on any atom is 0.317 e. The molecule has 1 heterocycles. The number of hydrogen-bond donors (Lipinski definition) is 0. The lowest BCUT2D eigenvalue weighted by Crippen LogP contribution is -2.19. The molecule has 1 aliphatic rings. The molecule has 0 aliphatic carbocycles. The first-order valence-electron chi connectivity index (χ1n) is 9.43. The first kappa shape index (κ1) is 19.2. The van der Waals surface area contributed by atoms with E-state index in [1.165, 1.54) is 57.8 Å². The van der Waals surface area contributed by atoms with Gasteiger partial charge >= 0.3 is 11.9 Å². The highest BCUT2D eigenvalue weighted by Crippen LogP contribution is 2.31. The largest absolute Gasteiger partial charge is 0.393 e. The van der Waals surface area contributed by atoms with E-state index in [1.54, 1.807) is 0 Å². The van der Waals surface area contributed by atoms with Gasteiger partial charge in [-0.15, -0.1) is 0 Å². The summed E-state index contributed by atoms with van der Waals surface area (Å²) in [6.07, 6.45) is 15.4. The van der Waals surface area contributed by atoms with Gasteiger partial charge in [0.15, 0.2) is 0 Å². The fourth-order valence-electron chi connectivity index (χ4n) is 3.49. The lowest BCUT2D eigenvalue weighted by Gasteiger charge is -2.19. The van der Waals surface area contributed by atoms with E-state index >= 15 is 0 Å². The Kier molecular flexibility index (Phi) is 10.2. The Morgan fingerprint density at radius 3 is 1.95 bits per heavy atom. The molecule has 2 unspecified atom stereocenters. The molecule has 1 aliphatic heterocycles. The van der Waals surface area contributed by atoms with Crippen LogP contribution < -0.4 is 0 Å². The topological polar surface area (TPSA) is 43.4 Å². The average molecular weight is 310 g/mol. The van der Waals surface area contributed by atoms with E-state index in [0.29, 0.717) is 12.3 Å². The number of cyclic esters (lactones) is 2. The third-order valence-electron chi connectivity index (χ3n) is 4.81. The predicted octanol–water partition coefficient (Wildman–Crippen LogP) is 5.41. The van der Waals surface area contributed by atoms with Crippen molar-refractivity contribution >= 4 is 11.9 Å². The lowest BCUT2D eigenvalue weighted by molar-refractivity contribution is -0.153. The quantitative estimate of drug-likeness (QED) is 0.259. The molecule has 0 N–H and O–H groups in total. The molecule has 3 nitrogen and oxygen atoms in total. The van der Waals surface area contributed by atoms with Crippen LogP contribution in [0.25, 0.3) is 0 Å². The fraction of sp³-hybridized carbons (Fsp3) is 0.895. The lowest BCUT2D eigenvalue weighted by atomic mass is 9.83. The molecule has 0 aromatic rings. The zero-order valence-electron chi connectivity index (χ0n) is 14.6. The summed E-state index contributed by atoms with van der Waals surface area (Å²) in [5, 5.41) is 0. The molecule has 128 valence electrons. The number of ether oxygens (including phenoxy) is 1. The van der Waals surface area contributed by atoms with E-state index in [-0.39, 0.29) is 17.9 Å². The maximum atomic E-state index is 11.7. The van der Waals surface area contributed by atoms with Gasteiger partial charge in [0.05, 0.1) is 12.3 Å². The Bertz CT molecular complexity index is 325. The summed E-state index contributed by atoms with van der Waals surface area (Å²) < 4.78 is 4.71. The van der Waals surface area contributed by atoms with Crippen molar-refractivity contribution < 1.29 is 14.3 Å². The first-order chi connectivity index (χ1) is 10.7. The zero-order valence-corrected chi connectivity index (χ0v) is 14.6. The van der Waals surface area contributed by atoms with Crippen molar-refractivity contribution in [3.8, 4) is 0 Å². The van der Waals surface area contributed by atoms with Gasteiger partial charge in [-0.25, -0.2) is 0 Å². The van der Waals surface area contributed by atoms with Gasteiger partial charge < -0.3 is 4.74 Å². The minimum atomic E-state index is -0.330. The van der Waals surface area contributed by atoms with E-state index in [2.05, 4.69) is 13.8 Å². The van der Waals surface area contributed by atoms with E-state index in [9.17, 15) is 9.59 Å². The first-order valence-corrected chi connectivity index (χ1v) is 9.43. The van der Waals surface area contributed by atoms with Gasteiger partial charge in [0.25, 0.3) is 0 Å². The second-order valence-corrected chi connectivity index (χ2v) is 6.77. The van der Waals surface area contributed by atoms with Crippen molar-refractivity contribution in [2.45, 2.75) is 97.3 Å². The molecule has 0 saturated carbocycles. The summed E-state index contributed by atoms with van der Waals surface area (Å²) in [7, 11) is 0. The molecule has 1 saturated heterocycles. The predicted molar refractivity (Wildman–Crippen MR) is 89.4 cm³/mol. The molecule has 2 atom stereocenters. The van der Waals surface area contributed by atoms with Gasteiger partial charge in [0, 0.05) is 0 Å². The Balaban J connectivity index is 2.12. The zero-order chi connectivity index (χ0) is 16.2. The van der Waals surface area contributed by atoms with Crippen molar-refractivity contribution in [2.75, 3.05) is 0 Å². The second kappa shape index (κ2) is 11.7. The van der Waals surface area contributed by atoms with Crippen LogP contribution in [0.2, 0.25) is 0 Å². The number of carbonyl (C=O) groups excluding carboxylic acids is 2. The Morgan fingerprint density at radius 2 is 1.45 bits per heavy atom. The highest BCUT2D eigenvalue weighted by Gasteiger charge is 2.38. The molecule has 0 aromatic heterocycles. The van der Waals surface area contributed by atoms with Gasteiger partial charge in [-0.05, 0) is 18.8 Å². The Hall–Kier alpha value is -0.860. The molecule has 0 aromatic carbocycles. The summed E-state index contributed by atoms with van der Waals surface area (Å²) in [4.78, 5) is 23.0. The molecule has 0 bridgehead atoms. The minimum absolute atomic E-state index is 0.165. The van der Waals surface area contributed by atoms with Crippen LogP contribution in [-0.2, 0) is 14.3 Å². The molecule has 3 heteroatoms. The summed E-state index contributed by atoms with van der Waals surface area (Å²) in [5.41, 5.74) is 0. The smallest absolute Gasteiger partial charge is 0.317 e. The molecular formula is C19H34O3. The molecule has 22 heavy (non-hydrogen) atoms. The van der Waals surface area contributed by atoms with Crippen molar-refractivity contribution in [1.82, 2.24) is 0 Å². The number of hydrogen-bond acceptors (Lipinski definition) is 3. The van der Waals surface area contributed by atoms with Crippen LogP contribution in [0.1, 0.15) is 97.3 Å². The van der Waals surface area contributed by atoms with Gasteiger partial charge in [-0.1, -0.05) is 78.1 Å². The van der Waals surface area contributed by atoms with E-state index in [1.807, 2.05) is 0 Å². The SMILES string of the molecule is CCCCCCCCCCCC(CCC)C1CC(=O)OC1=O. The number of esters is 2. The number of rotatable bonds is 13. The van der Waals surface area contributed by atoms with Gasteiger partial charge in [-0.2, -0.15) is 0 Å². The van der Waals surface area contributed by atoms with Crippen LogP contribution in [0.3, 0.4) is 0 Å². The Labute approximate surface area is 136 Å². The molecule has 1 rings (SSSR count). The fourth-order valence-corrected chi connectivity index (χ4v) is 3.49. The standard InChI is InChI=1S/C19H34O3/c1-3-5-6-7-8-9-10-11-12-14-16(13-4-2)17-15-18(20)22-19(17)21/h16-17H,3-15H2,1-2H3. The summed E-state index contributed by atoms with van der Waals surface area (Å²) in [6, 6.07) is 0. The van der Waals surface area contributed by atoms with Crippen molar-refractivity contribution in [3.63, 3.8) is 0 Å². The molecular weight excluding hydrogens is 276 g/mol. The van der Waals surface area contributed by atoms with Crippen LogP contribution in [0.15, 0.2) is 0 Å². The molecule has 0 spiro atoms. The second-order valence-electron chi connectivity index (χ2n) is 6.77. The van der Waals surface area contributed by atoms with Crippen LogP contribution in [0.5, 0.6) is 0 Å². The number of carbonyl (C=O) groups is 2. The molecule has 1 fully saturated rings. The van der Waals surface area contributed by atoms with Crippen molar-refractivity contribution in [3.05, 3.63) is 0 Å². The molecule has 0 amide bonds. The maximum absolute atomic E-state index is 11.7. The van der Waals surface area contributed by atoms with Gasteiger partial charge in [0.2, 0.25) is 0 Å². The van der Waals surface area contributed by atoms with Gasteiger partial charge in [-0.3, -0.25) is 9.59 Å². The number of unbranched alkanes of at least 4 members (excludes halogenated alkanes) is 8. The average Bonchev–Trinajstić information content (AvgIpc) is 2.83. The highest BCUT2D eigenvalue weighted by molar-refractivity contribution is 5.94. The Morgan fingerprint density at radius 1 is 0.864 bits per heavy atom.